The number of hydrogen-bond acceptors (Lipinski definition) is 3. The molecule has 0 spiro atoms. The van der Waals surface area contributed by atoms with Crippen molar-refractivity contribution in [3.63, 3.8) is 0 Å². The summed E-state index contributed by atoms with van der Waals surface area (Å²) in [5.74, 6) is 0.244. The van der Waals surface area contributed by atoms with Crippen LogP contribution in [0.4, 0.5) is 0 Å². The van der Waals surface area contributed by atoms with Gasteiger partial charge in [0.25, 0.3) is 0 Å². The molecule has 0 unspecified atom stereocenters. The molecule has 1 aromatic carbocycles. The molecule has 0 saturated carbocycles. The predicted octanol–water partition coefficient (Wildman–Crippen LogP) is 3.40. The van der Waals surface area contributed by atoms with Crippen molar-refractivity contribution in [2.45, 2.75) is 13.0 Å². The quantitative estimate of drug-likeness (QED) is 0.813. The fourth-order valence-electron chi connectivity index (χ4n) is 2.70. The van der Waals surface area contributed by atoms with Crippen molar-refractivity contribution in [3.05, 3.63) is 56.7 Å². The van der Waals surface area contributed by atoms with E-state index < -0.39 is 0 Å². The van der Waals surface area contributed by atoms with Crippen LogP contribution >= 0.6 is 27.3 Å². The Morgan fingerprint density at radius 1 is 1.05 bits per heavy atom. The number of rotatable bonds is 4. The summed E-state index contributed by atoms with van der Waals surface area (Å²) in [5, 5.41) is 0. The standard InChI is InChI=1S/C17H19BrN2OS/c18-16-7-6-15(22-16)12-17(21)20-10-8-19(9-11-20)13-14-4-2-1-3-5-14/h1-7H,8-13H2. The lowest BCUT2D eigenvalue weighted by Gasteiger charge is -2.34. The molecule has 1 aromatic heterocycles. The summed E-state index contributed by atoms with van der Waals surface area (Å²) in [6.07, 6.45) is 0.523. The molecule has 0 aliphatic carbocycles. The summed E-state index contributed by atoms with van der Waals surface area (Å²) in [7, 11) is 0. The number of carbonyl (C=O) groups is 1. The maximum Gasteiger partial charge on any atom is 0.227 e. The second kappa shape index (κ2) is 7.40. The molecule has 22 heavy (non-hydrogen) atoms. The van der Waals surface area contributed by atoms with Gasteiger partial charge in [0.1, 0.15) is 0 Å². The molecule has 1 amide bonds. The van der Waals surface area contributed by atoms with Gasteiger partial charge in [-0.15, -0.1) is 11.3 Å². The minimum Gasteiger partial charge on any atom is -0.340 e. The number of halogens is 1. The highest BCUT2D eigenvalue weighted by Gasteiger charge is 2.21. The Kier molecular flexibility index (Phi) is 5.28. The van der Waals surface area contributed by atoms with Crippen molar-refractivity contribution >= 4 is 33.2 Å². The van der Waals surface area contributed by atoms with Crippen LogP contribution in [0.3, 0.4) is 0 Å². The van der Waals surface area contributed by atoms with Crippen LogP contribution < -0.4 is 0 Å². The van der Waals surface area contributed by atoms with Crippen molar-refractivity contribution in [2.24, 2.45) is 0 Å². The van der Waals surface area contributed by atoms with E-state index >= 15 is 0 Å². The molecule has 0 atom stereocenters. The van der Waals surface area contributed by atoms with E-state index in [4.69, 9.17) is 0 Å². The van der Waals surface area contributed by atoms with E-state index in [2.05, 4.69) is 45.1 Å². The highest BCUT2D eigenvalue weighted by atomic mass is 79.9. The Hall–Kier alpha value is -1.17. The summed E-state index contributed by atoms with van der Waals surface area (Å²) < 4.78 is 1.09. The maximum absolute atomic E-state index is 12.3. The summed E-state index contributed by atoms with van der Waals surface area (Å²) in [6, 6.07) is 14.5. The molecule has 0 radical (unpaired) electrons. The van der Waals surface area contributed by atoms with E-state index in [1.807, 2.05) is 23.1 Å². The lowest BCUT2D eigenvalue weighted by Crippen LogP contribution is -2.48. The number of benzene rings is 1. The van der Waals surface area contributed by atoms with Crippen molar-refractivity contribution in [2.75, 3.05) is 26.2 Å². The molecule has 5 heteroatoms. The molecule has 1 aliphatic heterocycles. The van der Waals surface area contributed by atoms with Crippen LogP contribution in [0.1, 0.15) is 10.4 Å². The molecule has 0 N–H and O–H groups in total. The van der Waals surface area contributed by atoms with Gasteiger partial charge in [-0.05, 0) is 33.6 Å². The molecular weight excluding hydrogens is 360 g/mol. The molecule has 2 aromatic rings. The van der Waals surface area contributed by atoms with Crippen LogP contribution in [-0.2, 0) is 17.8 Å². The second-order valence-corrected chi connectivity index (χ2v) is 8.07. The van der Waals surface area contributed by atoms with Crippen LogP contribution in [0, 0.1) is 0 Å². The Morgan fingerprint density at radius 3 is 2.41 bits per heavy atom. The van der Waals surface area contributed by atoms with Crippen LogP contribution in [0.2, 0.25) is 0 Å². The van der Waals surface area contributed by atoms with Gasteiger partial charge >= 0.3 is 0 Å². The van der Waals surface area contributed by atoms with E-state index in [1.165, 1.54) is 5.56 Å². The molecule has 2 heterocycles. The van der Waals surface area contributed by atoms with Gasteiger partial charge in [0.2, 0.25) is 5.91 Å². The van der Waals surface area contributed by atoms with Crippen molar-refractivity contribution in [1.82, 2.24) is 9.80 Å². The van der Waals surface area contributed by atoms with Gasteiger partial charge in [0.15, 0.2) is 0 Å². The Morgan fingerprint density at radius 2 is 1.77 bits per heavy atom. The third-order valence-electron chi connectivity index (χ3n) is 3.93. The van der Waals surface area contributed by atoms with Gasteiger partial charge in [-0.1, -0.05) is 30.3 Å². The molecule has 3 nitrogen and oxygen atoms in total. The zero-order valence-electron chi connectivity index (χ0n) is 12.4. The smallest absolute Gasteiger partial charge is 0.227 e. The largest absolute Gasteiger partial charge is 0.340 e. The number of amides is 1. The van der Waals surface area contributed by atoms with Gasteiger partial charge in [0, 0.05) is 37.6 Å². The number of nitrogens with zero attached hydrogens (tertiary/aromatic N) is 2. The lowest BCUT2D eigenvalue weighted by molar-refractivity contribution is -0.132. The SMILES string of the molecule is O=C(Cc1ccc(Br)s1)N1CCN(Cc2ccccc2)CC1. The molecule has 1 fully saturated rings. The minimum absolute atomic E-state index is 0.244. The Balaban J connectivity index is 1.48. The van der Waals surface area contributed by atoms with Gasteiger partial charge in [-0.2, -0.15) is 0 Å². The zero-order valence-corrected chi connectivity index (χ0v) is 14.8. The Labute approximate surface area is 143 Å². The molecular formula is C17H19BrN2OS. The summed E-state index contributed by atoms with van der Waals surface area (Å²) in [4.78, 5) is 17.9. The molecule has 3 rings (SSSR count). The number of piperazine rings is 1. The van der Waals surface area contributed by atoms with Crippen LogP contribution in [-0.4, -0.2) is 41.9 Å². The average molecular weight is 379 g/mol. The van der Waals surface area contributed by atoms with E-state index in [0.29, 0.717) is 6.42 Å². The van der Waals surface area contributed by atoms with Gasteiger partial charge in [-0.3, -0.25) is 9.69 Å². The normalized spacial score (nSPS) is 16.0. The zero-order chi connectivity index (χ0) is 15.4. The maximum atomic E-state index is 12.3. The first-order valence-corrected chi connectivity index (χ1v) is 9.10. The summed E-state index contributed by atoms with van der Waals surface area (Å²) >= 11 is 5.09. The second-order valence-electron chi connectivity index (χ2n) is 5.53. The van der Waals surface area contributed by atoms with Gasteiger partial charge in [0.05, 0.1) is 10.2 Å². The van der Waals surface area contributed by atoms with Crippen LogP contribution in [0.5, 0.6) is 0 Å². The third-order valence-corrected chi connectivity index (χ3v) is 5.55. The van der Waals surface area contributed by atoms with Gasteiger partial charge < -0.3 is 4.90 Å². The number of thiophene rings is 1. The Bertz CT molecular complexity index is 621. The average Bonchev–Trinajstić information content (AvgIpc) is 2.94. The van der Waals surface area contributed by atoms with E-state index in [0.717, 1.165) is 41.4 Å². The van der Waals surface area contributed by atoms with E-state index in [-0.39, 0.29) is 5.91 Å². The fraction of sp³-hybridized carbons (Fsp3) is 0.353. The van der Waals surface area contributed by atoms with Crippen molar-refractivity contribution in [3.8, 4) is 0 Å². The highest BCUT2D eigenvalue weighted by Crippen LogP contribution is 2.23. The molecule has 0 bridgehead atoms. The topological polar surface area (TPSA) is 23.6 Å². The fourth-order valence-corrected chi connectivity index (χ4v) is 4.18. The lowest BCUT2D eigenvalue weighted by atomic mass is 10.2. The highest BCUT2D eigenvalue weighted by molar-refractivity contribution is 9.11. The third kappa shape index (κ3) is 4.18. The van der Waals surface area contributed by atoms with E-state index in [9.17, 15) is 4.79 Å². The van der Waals surface area contributed by atoms with E-state index in [1.54, 1.807) is 11.3 Å². The minimum atomic E-state index is 0.244. The summed E-state index contributed by atoms with van der Waals surface area (Å²) in [5.41, 5.74) is 1.34. The number of carbonyl (C=O) groups excluding carboxylic acids is 1. The van der Waals surface area contributed by atoms with Crippen molar-refractivity contribution in [1.29, 1.82) is 0 Å². The predicted molar refractivity (Wildman–Crippen MR) is 94.0 cm³/mol. The van der Waals surface area contributed by atoms with Gasteiger partial charge in [-0.25, -0.2) is 0 Å². The molecule has 1 aliphatic rings. The molecule has 116 valence electrons. The van der Waals surface area contributed by atoms with Crippen LogP contribution in [0.15, 0.2) is 46.3 Å². The molecule has 1 saturated heterocycles. The number of hydrogen-bond donors (Lipinski definition) is 0. The van der Waals surface area contributed by atoms with Crippen molar-refractivity contribution < 1.29 is 4.79 Å². The first-order chi connectivity index (χ1) is 10.7. The monoisotopic (exact) mass is 378 g/mol. The first kappa shape index (κ1) is 15.7. The van der Waals surface area contributed by atoms with Crippen LogP contribution in [0.25, 0.3) is 0 Å². The first-order valence-electron chi connectivity index (χ1n) is 7.49. The summed E-state index contributed by atoms with van der Waals surface area (Å²) in [6.45, 7) is 4.54.